The number of hydrogen-bond donors (Lipinski definition) is 1. The van der Waals surface area contributed by atoms with Gasteiger partial charge in [-0.3, -0.25) is 4.79 Å². The van der Waals surface area contributed by atoms with E-state index < -0.39 is 11.9 Å². The van der Waals surface area contributed by atoms with Gasteiger partial charge < -0.3 is 14.6 Å². The highest BCUT2D eigenvalue weighted by Gasteiger charge is 2.44. The monoisotopic (exact) mass is 524 g/mol. The number of ether oxygens (including phenoxy) is 2. The van der Waals surface area contributed by atoms with E-state index in [-0.39, 0.29) is 23.1 Å². The molecule has 0 radical (unpaired) electrons. The van der Waals surface area contributed by atoms with Crippen molar-refractivity contribution in [1.29, 1.82) is 0 Å². The molecule has 1 heterocycles. The van der Waals surface area contributed by atoms with Crippen LogP contribution in [0.3, 0.4) is 0 Å². The highest BCUT2D eigenvalue weighted by molar-refractivity contribution is 6.10. The largest absolute Gasteiger partial charge is 0.494 e. The fourth-order valence-electron chi connectivity index (χ4n) is 5.44. The fraction of sp³-hybridized carbons (Fsp3) is 0.281. The number of allylic oxidation sites excluding steroid dienone is 1. The van der Waals surface area contributed by atoms with Crippen LogP contribution in [0.15, 0.2) is 83.5 Å². The van der Waals surface area contributed by atoms with Gasteiger partial charge >= 0.3 is 5.97 Å². The fourth-order valence-corrected chi connectivity index (χ4v) is 5.44. The third-order valence-electron chi connectivity index (χ3n) is 7.16. The second-order valence-electron chi connectivity index (χ2n) is 9.60. The summed E-state index contributed by atoms with van der Waals surface area (Å²) in [6.45, 7) is 5.07. The number of carbonyl (C=O) groups excluding carboxylic acids is 1. The maximum Gasteiger partial charge on any atom is 0.336 e. The predicted octanol–water partition coefficient (Wildman–Crippen LogP) is 6.62. The van der Waals surface area contributed by atoms with Gasteiger partial charge in [0.05, 0.1) is 36.1 Å². The quantitative estimate of drug-likeness (QED) is 0.358. The Balaban J connectivity index is 1.56. The molecule has 5 rings (SSSR count). The number of carboxylic acid groups (broad SMARTS) is 1. The summed E-state index contributed by atoms with van der Waals surface area (Å²) in [6, 6.07) is 21.7. The molecule has 39 heavy (non-hydrogen) atoms. The van der Waals surface area contributed by atoms with Crippen LogP contribution in [0.5, 0.6) is 11.5 Å². The van der Waals surface area contributed by atoms with E-state index in [4.69, 9.17) is 14.6 Å². The molecule has 1 aliphatic heterocycles. The molecule has 0 unspecified atom stereocenters. The molecule has 2 aliphatic rings. The number of rotatable bonds is 8. The molecule has 1 saturated carbocycles. The Morgan fingerprint density at radius 1 is 0.923 bits per heavy atom. The Labute approximate surface area is 228 Å². The first kappa shape index (κ1) is 26.2. The van der Waals surface area contributed by atoms with Crippen molar-refractivity contribution >= 4 is 23.7 Å². The number of fused-ring (bicyclic) bond motifs is 1. The summed E-state index contributed by atoms with van der Waals surface area (Å²) in [6.07, 6.45) is 4.83. The smallest absolute Gasteiger partial charge is 0.336 e. The summed E-state index contributed by atoms with van der Waals surface area (Å²) in [5.41, 5.74) is 4.04. The van der Waals surface area contributed by atoms with Crippen LogP contribution in [0, 0.1) is 5.92 Å². The van der Waals surface area contributed by atoms with Crippen LogP contribution in [0.25, 0.3) is 6.08 Å². The van der Waals surface area contributed by atoms with Gasteiger partial charge in [-0.05, 0) is 92.3 Å². The second kappa shape index (κ2) is 11.6. The van der Waals surface area contributed by atoms with Crippen LogP contribution in [0.1, 0.15) is 71.0 Å². The lowest BCUT2D eigenvalue weighted by Gasteiger charge is -2.30. The van der Waals surface area contributed by atoms with Gasteiger partial charge in [-0.25, -0.2) is 9.80 Å². The summed E-state index contributed by atoms with van der Waals surface area (Å²) < 4.78 is 11.2. The summed E-state index contributed by atoms with van der Waals surface area (Å²) in [4.78, 5) is 25.9. The van der Waals surface area contributed by atoms with Crippen LogP contribution >= 0.6 is 0 Å². The first-order valence-electron chi connectivity index (χ1n) is 13.4. The molecule has 7 nitrogen and oxygen atoms in total. The number of nitrogens with zero attached hydrogens (tertiary/aromatic N) is 2. The lowest BCUT2D eigenvalue weighted by molar-refractivity contribution is 0.0645. The molecule has 1 aliphatic carbocycles. The summed E-state index contributed by atoms with van der Waals surface area (Å²) in [5.74, 6) is 0.00993. The van der Waals surface area contributed by atoms with Gasteiger partial charge in [0, 0.05) is 5.92 Å². The van der Waals surface area contributed by atoms with E-state index in [0.717, 1.165) is 53.2 Å². The molecule has 0 spiro atoms. The molecule has 2 atom stereocenters. The van der Waals surface area contributed by atoms with Gasteiger partial charge in [-0.1, -0.05) is 36.4 Å². The summed E-state index contributed by atoms with van der Waals surface area (Å²) in [5, 5.41) is 16.2. The van der Waals surface area contributed by atoms with E-state index in [9.17, 15) is 14.7 Å². The van der Waals surface area contributed by atoms with Crippen molar-refractivity contribution in [2.75, 3.05) is 13.2 Å². The van der Waals surface area contributed by atoms with E-state index in [1.807, 2.05) is 62.4 Å². The Bertz CT molecular complexity index is 1410. The highest BCUT2D eigenvalue weighted by Crippen LogP contribution is 2.45. The third kappa shape index (κ3) is 5.43. The van der Waals surface area contributed by atoms with Crippen LogP contribution in [-0.4, -0.2) is 40.9 Å². The number of aromatic carboxylic acids is 1. The molecular weight excluding hydrogens is 492 g/mol. The maximum absolute atomic E-state index is 13.9. The summed E-state index contributed by atoms with van der Waals surface area (Å²) in [7, 11) is 0. The molecule has 0 bridgehead atoms. The molecule has 0 saturated heterocycles. The zero-order valence-electron chi connectivity index (χ0n) is 22.2. The molecule has 1 amide bonds. The molecule has 3 aromatic rings. The van der Waals surface area contributed by atoms with Gasteiger partial charge in [-0.2, -0.15) is 5.10 Å². The standard InChI is InChI=1S/C32H32N2O5/c1-3-38-24-16-12-21(13-17-24)20-23-8-7-11-28-29(23)33-34(30(28)22-14-18-25(19-15-22)39-4-2)31(35)26-9-5-6-10-27(26)32(36)37/h5-6,9-10,12-20,28,30H,3-4,7-8,11H2,1-2H3,(H,36,37)/b23-20+/t28-,30+/m0/s1. The van der Waals surface area contributed by atoms with Crippen molar-refractivity contribution in [3.05, 3.63) is 101 Å². The minimum atomic E-state index is -1.14. The Hall–Kier alpha value is -4.39. The second-order valence-corrected chi connectivity index (χ2v) is 9.60. The molecule has 200 valence electrons. The van der Waals surface area contributed by atoms with Gasteiger partial charge in [0.15, 0.2) is 0 Å². The number of hydrazone groups is 1. The molecule has 1 N–H and O–H groups in total. The number of benzene rings is 3. The van der Waals surface area contributed by atoms with E-state index in [0.29, 0.717) is 13.2 Å². The first-order valence-corrected chi connectivity index (χ1v) is 13.4. The van der Waals surface area contributed by atoms with Crippen molar-refractivity contribution in [1.82, 2.24) is 5.01 Å². The van der Waals surface area contributed by atoms with Gasteiger partial charge in [0.25, 0.3) is 5.91 Å². The lowest BCUT2D eigenvalue weighted by Crippen LogP contribution is -2.32. The van der Waals surface area contributed by atoms with E-state index in [1.54, 1.807) is 18.2 Å². The minimum absolute atomic E-state index is 0.00779. The zero-order valence-corrected chi connectivity index (χ0v) is 22.2. The van der Waals surface area contributed by atoms with Gasteiger partial charge in [0.1, 0.15) is 11.5 Å². The first-order chi connectivity index (χ1) is 19.0. The van der Waals surface area contributed by atoms with Gasteiger partial charge in [-0.15, -0.1) is 0 Å². The van der Waals surface area contributed by atoms with Crippen molar-refractivity contribution < 1.29 is 24.2 Å². The molecule has 3 aromatic carbocycles. The molecule has 1 fully saturated rings. The van der Waals surface area contributed by atoms with E-state index >= 15 is 0 Å². The number of carbonyl (C=O) groups is 2. The van der Waals surface area contributed by atoms with Crippen LogP contribution in [0.4, 0.5) is 0 Å². The normalized spacial score (nSPS) is 19.4. The summed E-state index contributed by atoms with van der Waals surface area (Å²) >= 11 is 0. The Morgan fingerprint density at radius 3 is 2.15 bits per heavy atom. The van der Waals surface area contributed by atoms with Gasteiger partial charge in [0.2, 0.25) is 0 Å². The molecule has 0 aromatic heterocycles. The Morgan fingerprint density at radius 2 is 1.54 bits per heavy atom. The van der Waals surface area contributed by atoms with Crippen molar-refractivity contribution in [3.8, 4) is 11.5 Å². The van der Waals surface area contributed by atoms with Crippen LogP contribution in [0.2, 0.25) is 0 Å². The van der Waals surface area contributed by atoms with Crippen LogP contribution in [-0.2, 0) is 0 Å². The number of carboxylic acids is 1. The zero-order chi connectivity index (χ0) is 27.4. The lowest BCUT2D eigenvalue weighted by atomic mass is 9.77. The van der Waals surface area contributed by atoms with E-state index in [1.165, 1.54) is 11.1 Å². The minimum Gasteiger partial charge on any atom is -0.494 e. The third-order valence-corrected chi connectivity index (χ3v) is 7.16. The average molecular weight is 525 g/mol. The molecule has 7 heteroatoms. The predicted molar refractivity (Wildman–Crippen MR) is 150 cm³/mol. The molecular formula is C32H32N2O5. The van der Waals surface area contributed by atoms with Crippen molar-refractivity contribution in [2.45, 2.75) is 39.2 Å². The average Bonchev–Trinajstić information content (AvgIpc) is 3.35. The van der Waals surface area contributed by atoms with Crippen molar-refractivity contribution in [2.24, 2.45) is 11.0 Å². The van der Waals surface area contributed by atoms with Crippen molar-refractivity contribution in [3.63, 3.8) is 0 Å². The Kier molecular flexibility index (Phi) is 7.77. The maximum atomic E-state index is 13.9. The number of amides is 1. The SMILES string of the molecule is CCOc1ccc(/C=C2\CCC[C@H]3C2=NN(C(=O)c2ccccc2C(=O)O)[C@@H]3c2ccc(OCC)cc2)cc1. The number of hydrogen-bond acceptors (Lipinski definition) is 5. The topological polar surface area (TPSA) is 88.4 Å². The highest BCUT2D eigenvalue weighted by atomic mass is 16.5. The van der Waals surface area contributed by atoms with E-state index in [2.05, 4.69) is 6.08 Å². The van der Waals surface area contributed by atoms with Crippen LogP contribution < -0.4 is 9.47 Å².